The van der Waals surface area contributed by atoms with Gasteiger partial charge in [-0.15, -0.1) is 0 Å². The Morgan fingerprint density at radius 2 is 1.97 bits per heavy atom. The van der Waals surface area contributed by atoms with Crippen LogP contribution in [0.1, 0.15) is 51.9 Å². The smallest absolute Gasteiger partial charge is 0.412 e. The quantitative estimate of drug-likeness (QED) is 0.601. The van der Waals surface area contributed by atoms with Crippen molar-refractivity contribution < 1.29 is 37.3 Å². The fraction of sp³-hybridized carbons (Fsp3) is 0.708. The van der Waals surface area contributed by atoms with E-state index in [9.17, 15) is 23.1 Å². The molecule has 8 heteroatoms. The van der Waals surface area contributed by atoms with Crippen LogP contribution in [0.15, 0.2) is 34.8 Å². The Balaban J connectivity index is 1.42. The molecule has 4 rings (SSSR count). The molecule has 0 amide bonds. The lowest BCUT2D eigenvalue weighted by molar-refractivity contribution is -0.230. The second kappa shape index (κ2) is 9.21. The lowest BCUT2D eigenvalue weighted by Gasteiger charge is -2.48. The topological polar surface area (TPSA) is 65.0 Å². The average molecular weight is 457 g/mol. The fourth-order valence-corrected chi connectivity index (χ4v) is 5.65. The minimum Gasteiger partial charge on any atom is -0.498 e. The van der Waals surface area contributed by atoms with E-state index in [-0.39, 0.29) is 42.0 Å². The lowest BCUT2D eigenvalue weighted by atomic mass is 9.66. The number of ether oxygens (including phenoxy) is 3. The van der Waals surface area contributed by atoms with Gasteiger partial charge in [0.2, 0.25) is 0 Å². The molecule has 0 aromatic heterocycles. The summed E-state index contributed by atoms with van der Waals surface area (Å²) in [7, 11) is 1.60. The van der Waals surface area contributed by atoms with E-state index >= 15 is 0 Å². The van der Waals surface area contributed by atoms with Gasteiger partial charge < -0.3 is 19.3 Å². The average Bonchev–Trinajstić information content (AvgIpc) is 2.76. The van der Waals surface area contributed by atoms with Crippen LogP contribution >= 0.6 is 0 Å². The second-order valence-corrected chi connectivity index (χ2v) is 9.39. The summed E-state index contributed by atoms with van der Waals surface area (Å²) in [6.45, 7) is 1.88. The number of aliphatic hydroxyl groups excluding tert-OH is 1. The number of hydrogen-bond donors (Lipinski definition) is 1. The summed E-state index contributed by atoms with van der Waals surface area (Å²) in [6.07, 6.45) is 1.16. The SMILES string of the molecule is COC1=C(OC[C@@H]2CC=C(C(F)(F)F)CC2)C[C@@H]2O[C@H](O)[C@@H]3C=C(C(C)=O)CCC3[C@@H]2C1. The molecule has 0 radical (unpaired) electrons. The molecule has 5 nitrogen and oxygen atoms in total. The third kappa shape index (κ3) is 4.76. The van der Waals surface area contributed by atoms with Gasteiger partial charge in [-0.1, -0.05) is 12.2 Å². The normalized spacial score (nSPS) is 35.3. The molecule has 1 heterocycles. The van der Waals surface area contributed by atoms with Crippen molar-refractivity contribution >= 4 is 5.78 Å². The molecule has 1 unspecified atom stereocenters. The minimum atomic E-state index is -4.24. The highest BCUT2D eigenvalue weighted by Gasteiger charge is 2.48. The maximum atomic E-state index is 12.8. The zero-order chi connectivity index (χ0) is 23.0. The van der Waals surface area contributed by atoms with Crippen molar-refractivity contribution in [3.05, 3.63) is 34.8 Å². The van der Waals surface area contributed by atoms with Gasteiger partial charge in [0.25, 0.3) is 0 Å². The number of methoxy groups -OCH3 is 1. The van der Waals surface area contributed by atoms with Crippen molar-refractivity contribution in [2.75, 3.05) is 13.7 Å². The monoisotopic (exact) mass is 456 g/mol. The van der Waals surface area contributed by atoms with Crippen LogP contribution in [0, 0.1) is 23.7 Å². The highest BCUT2D eigenvalue weighted by atomic mass is 19.4. The molecule has 0 bridgehead atoms. The van der Waals surface area contributed by atoms with Gasteiger partial charge in [0, 0.05) is 24.3 Å². The van der Waals surface area contributed by atoms with Crippen LogP contribution in [0.5, 0.6) is 0 Å². The second-order valence-electron chi connectivity index (χ2n) is 9.39. The van der Waals surface area contributed by atoms with Gasteiger partial charge in [-0.2, -0.15) is 13.2 Å². The van der Waals surface area contributed by atoms with Gasteiger partial charge in [-0.05, 0) is 62.4 Å². The van der Waals surface area contributed by atoms with Gasteiger partial charge in [0.15, 0.2) is 12.1 Å². The molecule has 1 aliphatic heterocycles. The van der Waals surface area contributed by atoms with Gasteiger partial charge in [0.1, 0.15) is 11.5 Å². The summed E-state index contributed by atoms with van der Waals surface area (Å²) in [4.78, 5) is 11.8. The maximum Gasteiger partial charge on any atom is 0.412 e. The predicted octanol–water partition coefficient (Wildman–Crippen LogP) is 4.82. The Morgan fingerprint density at radius 1 is 1.19 bits per heavy atom. The number of allylic oxidation sites excluding steroid dienone is 4. The molecule has 1 saturated heterocycles. The van der Waals surface area contributed by atoms with Gasteiger partial charge >= 0.3 is 6.18 Å². The van der Waals surface area contributed by atoms with Crippen LogP contribution < -0.4 is 0 Å². The van der Waals surface area contributed by atoms with Gasteiger partial charge in [-0.3, -0.25) is 4.79 Å². The summed E-state index contributed by atoms with van der Waals surface area (Å²) in [5.41, 5.74) is 0.310. The molecule has 0 aromatic rings. The first-order valence-corrected chi connectivity index (χ1v) is 11.4. The Bertz CT molecular complexity index is 828. The van der Waals surface area contributed by atoms with Crippen molar-refractivity contribution in [2.45, 2.75) is 70.4 Å². The number of rotatable bonds is 5. The van der Waals surface area contributed by atoms with Crippen LogP contribution in [0.2, 0.25) is 0 Å². The molecule has 1 fully saturated rings. The van der Waals surface area contributed by atoms with Crippen LogP contribution in [0.4, 0.5) is 13.2 Å². The molecule has 3 aliphatic carbocycles. The first kappa shape index (κ1) is 23.4. The Labute approximate surface area is 186 Å². The number of alkyl halides is 3. The van der Waals surface area contributed by atoms with Crippen molar-refractivity contribution in [3.8, 4) is 0 Å². The standard InChI is InChI=1S/C24H31F3O5/c1-13(28)15-5-8-17-18-10-21(30-2)22(11-20(18)32-23(29)19(17)9-15)31-12-14-3-6-16(7-4-14)24(25,26)27/h6,9,14,17-20,23,29H,3-5,7-8,10-12H2,1-2H3/t14-,17?,18+,19-,20+,23+/m1/s1. The van der Waals surface area contributed by atoms with Crippen LogP contribution in [0.3, 0.4) is 0 Å². The molecule has 0 aromatic carbocycles. The first-order valence-electron chi connectivity index (χ1n) is 11.4. The molecule has 4 aliphatic rings. The van der Waals surface area contributed by atoms with E-state index in [1.165, 1.54) is 6.08 Å². The summed E-state index contributed by atoms with van der Waals surface area (Å²) in [5.74, 6) is 1.62. The molecule has 1 N–H and O–H groups in total. The fourth-order valence-electron chi connectivity index (χ4n) is 5.65. The van der Waals surface area contributed by atoms with E-state index < -0.39 is 18.0 Å². The van der Waals surface area contributed by atoms with Crippen LogP contribution in [-0.2, 0) is 19.0 Å². The first-order chi connectivity index (χ1) is 15.2. The molecule has 0 saturated carbocycles. The third-order valence-electron chi connectivity index (χ3n) is 7.50. The van der Waals surface area contributed by atoms with Crippen molar-refractivity contribution in [3.63, 3.8) is 0 Å². The summed E-state index contributed by atoms with van der Waals surface area (Å²) in [5, 5.41) is 10.6. The van der Waals surface area contributed by atoms with Crippen molar-refractivity contribution in [2.24, 2.45) is 23.7 Å². The van der Waals surface area contributed by atoms with Crippen LogP contribution in [0.25, 0.3) is 0 Å². The van der Waals surface area contributed by atoms with Crippen molar-refractivity contribution in [1.29, 1.82) is 0 Å². The van der Waals surface area contributed by atoms with E-state index in [4.69, 9.17) is 14.2 Å². The van der Waals surface area contributed by atoms with E-state index in [0.717, 1.165) is 17.8 Å². The number of Topliss-reactive ketones (excluding diaryl/α,β-unsaturated/α-hetero) is 1. The number of fused-ring (bicyclic) bond motifs is 3. The molecule has 32 heavy (non-hydrogen) atoms. The molecule has 178 valence electrons. The highest BCUT2D eigenvalue weighted by Crippen LogP contribution is 2.49. The molecule has 6 atom stereocenters. The zero-order valence-corrected chi connectivity index (χ0v) is 18.5. The van der Waals surface area contributed by atoms with Gasteiger partial charge in [-0.25, -0.2) is 0 Å². The Morgan fingerprint density at radius 3 is 2.59 bits per heavy atom. The van der Waals surface area contributed by atoms with E-state index in [0.29, 0.717) is 44.5 Å². The number of hydrogen-bond acceptors (Lipinski definition) is 5. The van der Waals surface area contributed by atoms with Gasteiger partial charge in [0.05, 0.1) is 19.8 Å². The minimum absolute atomic E-state index is 0.0204. The highest BCUT2D eigenvalue weighted by molar-refractivity contribution is 5.93. The summed E-state index contributed by atoms with van der Waals surface area (Å²) < 4.78 is 56.1. The Hall–Kier alpha value is -1.80. The number of halogens is 3. The number of aliphatic hydroxyl groups is 1. The summed E-state index contributed by atoms with van der Waals surface area (Å²) in [6, 6.07) is 0. The van der Waals surface area contributed by atoms with E-state index in [1.807, 2.05) is 6.08 Å². The van der Waals surface area contributed by atoms with Crippen LogP contribution in [-0.4, -0.2) is 43.2 Å². The zero-order valence-electron chi connectivity index (χ0n) is 18.5. The molecular weight excluding hydrogens is 425 g/mol. The summed E-state index contributed by atoms with van der Waals surface area (Å²) >= 11 is 0. The Kier molecular flexibility index (Phi) is 6.73. The largest absolute Gasteiger partial charge is 0.498 e. The molecular formula is C24H31F3O5. The van der Waals surface area contributed by atoms with E-state index in [2.05, 4.69) is 0 Å². The maximum absolute atomic E-state index is 12.8. The van der Waals surface area contributed by atoms with E-state index in [1.54, 1.807) is 14.0 Å². The predicted molar refractivity (Wildman–Crippen MR) is 110 cm³/mol. The third-order valence-corrected chi connectivity index (χ3v) is 7.50. The number of carbonyl (C=O) groups is 1. The number of carbonyl (C=O) groups excluding carboxylic acids is 1. The lowest BCUT2D eigenvalue weighted by Crippen LogP contribution is -2.50. The van der Waals surface area contributed by atoms with Crippen molar-refractivity contribution in [1.82, 2.24) is 0 Å². The number of ketones is 1. The molecule has 0 spiro atoms.